The van der Waals surface area contributed by atoms with Gasteiger partial charge in [0.2, 0.25) is 0 Å². The Bertz CT molecular complexity index is 799. The van der Waals surface area contributed by atoms with Crippen LogP contribution in [0.4, 0.5) is 0 Å². The summed E-state index contributed by atoms with van der Waals surface area (Å²) < 4.78 is 10.2. The molecular formula is C22H25NO5. The Morgan fingerprint density at radius 1 is 0.929 bits per heavy atom. The molecule has 2 aromatic rings. The van der Waals surface area contributed by atoms with Gasteiger partial charge in [0.15, 0.2) is 12.4 Å². The van der Waals surface area contributed by atoms with Gasteiger partial charge in [0.05, 0.1) is 7.11 Å². The van der Waals surface area contributed by atoms with E-state index in [-0.39, 0.29) is 18.3 Å². The molecule has 0 fully saturated rings. The summed E-state index contributed by atoms with van der Waals surface area (Å²) in [6, 6.07) is 14.9. The predicted molar refractivity (Wildman–Crippen MR) is 105 cm³/mol. The molecule has 0 aliphatic carbocycles. The second-order valence-electron chi connectivity index (χ2n) is 6.78. The standard InChI is InChI=1S/C22H25NO5/c1-15(2)13-19(22(26)27-3)23-20(24)14-28-18-11-9-17(10-12-18)21(25)16-7-5-4-6-8-16/h4-12,15,19H,13-14H2,1-3H3,(H,23,24)/t19-/m0/s1. The van der Waals surface area contributed by atoms with Crippen LogP contribution in [0.3, 0.4) is 0 Å². The Kier molecular flexibility index (Phi) is 7.75. The van der Waals surface area contributed by atoms with E-state index in [1.54, 1.807) is 36.4 Å². The van der Waals surface area contributed by atoms with Gasteiger partial charge in [-0.1, -0.05) is 44.2 Å². The van der Waals surface area contributed by atoms with Crippen LogP contribution in [0.1, 0.15) is 36.2 Å². The fourth-order valence-electron chi connectivity index (χ4n) is 2.67. The highest BCUT2D eigenvalue weighted by atomic mass is 16.5. The lowest BCUT2D eigenvalue weighted by Crippen LogP contribution is -2.44. The average molecular weight is 383 g/mol. The highest BCUT2D eigenvalue weighted by Gasteiger charge is 2.22. The van der Waals surface area contributed by atoms with Gasteiger partial charge in [-0.15, -0.1) is 0 Å². The van der Waals surface area contributed by atoms with Crippen LogP contribution in [0.25, 0.3) is 0 Å². The summed E-state index contributed by atoms with van der Waals surface area (Å²) in [6.07, 6.45) is 0.481. The number of esters is 1. The molecule has 6 nitrogen and oxygen atoms in total. The zero-order valence-electron chi connectivity index (χ0n) is 16.3. The molecule has 1 atom stereocenters. The van der Waals surface area contributed by atoms with Crippen LogP contribution in [0.2, 0.25) is 0 Å². The molecule has 28 heavy (non-hydrogen) atoms. The minimum absolute atomic E-state index is 0.0838. The van der Waals surface area contributed by atoms with Crippen molar-refractivity contribution in [1.29, 1.82) is 0 Å². The molecule has 0 unspecified atom stereocenters. The second-order valence-corrected chi connectivity index (χ2v) is 6.78. The molecule has 0 aromatic heterocycles. The first kappa shape index (κ1) is 21.2. The highest BCUT2D eigenvalue weighted by Crippen LogP contribution is 2.15. The number of ketones is 1. The molecule has 2 rings (SSSR count). The van der Waals surface area contributed by atoms with Crippen LogP contribution in [0, 0.1) is 5.92 Å². The number of rotatable bonds is 9. The summed E-state index contributed by atoms with van der Waals surface area (Å²) in [6.45, 7) is 3.67. The lowest BCUT2D eigenvalue weighted by Gasteiger charge is -2.18. The fourth-order valence-corrected chi connectivity index (χ4v) is 2.67. The molecule has 148 valence electrons. The molecule has 0 aliphatic rings. The fraction of sp³-hybridized carbons (Fsp3) is 0.318. The molecule has 0 heterocycles. The molecule has 1 amide bonds. The maximum Gasteiger partial charge on any atom is 0.328 e. The average Bonchev–Trinajstić information content (AvgIpc) is 2.71. The maximum atomic E-state index is 12.4. The highest BCUT2D eigenvalue weighted by molar-refractivity contribution is 6.09. The summed E-state index contributed by atoms with van der Waals surface area (Å²) >= 11 is 0. The predicted octanol–water partition coefficient (Wildman–Crippen LogP) is 3.00. The van der Waals surface area contributed by atoms with Crippen LogP contribution in [0.15, 0.2) is 54.6 Å². The third kappa shape index (κ3) is 6.23. The molecule has 6 heteroatoms. The molecule has 1 N–H and O–H groups in total. The number of carbonyl (C=O) groups is 3. The van der Waals surface area contributed by atoms with Crippen molar-refractivity contribution in [3.8, 4) is 5.75 Å². The molecule has 0 bridgehead atoms. The van der Waals surface area contributed by atoms with E-state index in [1.165, 1.54) is 7.11 Å². The molecule has 0 aliphatic heterocycles. The number of benzene rings is 2. The van der Waals surface area contributed by atoms with E-state index >= 15 is 0 Å². The molecule has 0 radical (unpaired) electrons. The zero-order chi connectivity index (χ0) is 20.5. The van der Waals surface area contributed by atoms with Gasteiger partial charge in [-0.2, -0.15) is 0 Å². The van der Waals surface area contributed by atoms with E-state index in [0.29, 0.717) is 23.3 Å². The monoisotopic (exact) mass is 383 g/mol. The van der Waals surface area contributed by atoms with Crippen LogP contribution < -0.4 is 10.1 Å². The van der Waals surface area contributed by atoms with Crippen molar-refractivity contribution in [2.45, 2.75) is 26.3 Å². The van der Waals surface area contributed by atoms with Crippen LogP contribution in [-0.2, 0) is 14.3 Å². The van der Waals surface area contributed by atoms with E-state index in [0.717, 1.165) is 0 Å². The Labute approximate surface area is 164 Å². The minimum Gasteiger partial charge on any atom is -0.484 e. The van der Waals surface area contributed by atoms with Gasteiger partial charge in [-0.3, -0.25) is 9.59 Å². The Balaban J connectivity index is 1.91. The lowest BCUT2D eigenvalue weighted by atomic mass is 10.0. The number of nitrogens with one attached hydrogen (secondary N) is 1. The van der Waals surface area contributed by atoms with Gasteiger partial charge in [0.25, 0.3) is 5.91 Å². The van der Waals surface area contributed by atoms with E-state index in [1.807, 2.05) is 32.0 Å². The number of carbonyl (C=O) groups excluding carboxylic acids is 3. The first-order valence-electron chi connectivity index (χ1n) is 9.10. The normalized spacial score (nSPS) is 11.6. The lowest BCUT2D eigenvalue weighted by molar-refractivity contribution is -0.145. The quantitative estimate of drug-likeness (QED) is 0.532. The second kappa shape index (κ2) is 10.3. The number of ether oxygens (including phenoxy) is 2. The van der Waals surface area contributed by atoms with Crippen molar-refractivity contribution in [3.63, 3.8) is 0 Å². The van der Waals surface area contributed by atoms with Gasteiger partial charge in [-0.25, -0.2) is 4.79 Å². The van der Waals surface area contributed by atoms with E-state index < -0.39 is 17.9 Å². The van der Waals surface area contributed by atoms with Crippen molar-refractivity contribution in [2.24, 2.45) is 5.92 Å². The van der Waals surface area contributed by atoms with Crippen molar-refractivity contribution in [1.82, 2.24) is 5.32 Å². The van der Waals surface area contributed by atoms with E-state index in [4.69, 9.17) is 9.47 Å². The Morgan fingerprint density at radius 3 is 2.11 bits per heavy atom. The van der Waals surface area contributed by atoms with Gasteiger partial charge in [0, 0.05) is 11.1 Å². The summed E-state index contributed by atoms with van der Waals surface area (Å²) in [7, 11) is 1.29. The van der Waals surface area contributed by atoms with E-state index in [2.05, 4.69) is 5.32 Å². The van der Waals surface area contributed by atoms with Crippen molar-refractivity contribution in [2.75, 3.05) is 13.7 Å². The first-order chi connectivity index (χ1) is 13.4. The minimum atomic E-state index is -0.702. The third-order valence-corrected chi connectivity index (χ3v) is 4.05. The maximum absolute atomic E-state index is 12.4. The van der Waals surface area contributed by atoms with Crippen molar-refractivity contribution < 1.29 is 23.9 Å². The summed E-state index contributed by atoms with van der Waals surface area (Å²) in [5.74, 6) is -0.302. The zero-order valence-corrected chi connectivity index (χ0v) is 16.3. The number of amides is 1. The van der Waals surface area contributed by atoms with E-state index in [9.17, 15) is 14.4 Å². The molecule has 2 aromatic carbocycles. The molecule has 0 saturated heterocycles. The summed E-state index contributed by atoms with van der Waals surface area (Å²) in [5.41, 5.74) is 1.14. The molecule has 0 spiro atoms. The first-order valence-corrected chi connectivity index (χ1v) is 9.10. The number of methoxy groups -OCH3 is 1. The SMILES string of the molecule is COC(=O)[C@H](CC(C)C)NC(=O)COc1ccc(C(=O)c2ccccc2)cc1. The van der Waals surface area contributed by atoms with Gasteiger partial charge < -0.3 is 14.8 Å². The smallest absolute Gasteiger partial charge is 0.328 e. The Morgan fingerprint density at radius 2 is 1.54 bits per heavy atom. The van der Waals surface area contributed by atoms with Gasteiger partial charge in [0.1, 0.15) is 11.8 Å². The molecule has 0 saturated carbocycles. The van der Waals surface area contributed by atoms with Crippen LogP contribution >= 0.6 is 0 Å². The van der Waals surface area contributed by atoms with Gasteiger partial charge in [-0.05, 0) is 36.6 Å². The summed E-state index contributed by atoms with van der Waals surface area (Å²) in [5, 5.41) is 2.63. The largest absolute Gasteiger partial charge is 0.484 e. The number of hydrogen-bond donors (Lipinski definition) is 1. The summed E-state index contributed by atoms with van der Waals surface area (Å²) in [4.78, 5) is 36.2. The van der Waals surface area contributed by atoms with Crippen molar-refractivity contribution >= 4 is 17.7 Å². The van der Waals surface area contributed by atoms with Gasteiger partial charge >= 0.3 is 5.97 Å². The third-order valence-electron chi connectivity index (χ3n) is 4.05. The van der Waals surface area contributed by atoms with Crippen LogP contribution in [0.5, 0.6) is 5.75 Å². The number of hydrogen-bond acceptors (Lipinski definition) is 5. The van der Waals surface area contributed by atoms with Crippen molar-refractivity contribution in [3.05, 3.63) is 65.7 Å². The van der Waals surface area contributed by atoms with Crippen LogP contribution in [-0.4, -0.2) is 37.4 Å². The molecular weight excluding hydrogens is 358 g/mol. The Hall–Kier alpha value is -3.15. The topological polar surface area (TPSA) is 81.7 Å².